The number of nitrogens with two attached hydrogens (primary N) is 1. The molecule has 6 heteroatoms. The minimum atomic E-state index is -0.506. The maximum absolute atomic E-state index is 11.6. The molecule has 26 heavy (non-hydrogen) atoms. The van der Waals surface area contributed by atoms with E-state index in [1.807, 2.05) is 30.3 Å². The zero-order valence-electron chi connectivity index (χ0n) is 14.5. The third-order valence-electron chi connectivity index (χ3n) is 3.47. The Morgan fingerprint density at radius 1 is 1.12 bits per heavy atom. The fraction of sp³-hybridized carbons (Fsp3) is 0.200. The smallest absolute Gasteiger partial charge is 0.407 e. The lowest BCUT2D eigenvalue weighted by Crippen LogP contribution is -2.24. The molecular weight excluding hydrogens is 332 g/mol. The predicted molar refractivity (Wildman–Crippen MR) is 98.3 cm³/mol. The summed E-state index contributed by atoms with van der Waals surface area (Å²) in [6, 6.07) is 14.4. The molecule has 0 aliphatic carbocycles. The molecule has 0 aliphatic heterocycles. The highest BCUT2D eigenvalue weighted by Gasteiger charge is 2.11. The topological polar surface area (TPSA) is 90.6 Å². The van der Waals surface area contributed by atoms with Crippen LogP contribution in [0.15, 0.2) is 48.5 Å². The molecule has 0 saturated heterocycles. The number of amides is 1. The minimum Gasteiger partial charge on any atom is -0.465 e. The van der Waals surface area contributed by atoms with Gasteiger partial charge >= 0.3 is 12.1 Å². The lowest BCUT2D eigenvalue weighted by atomic mass is 10.1. The minimum absolute atomic E-state index is 0.217. The van der Waals surface area contributed by atoms with Gasteiger partial charge in [-0.1, -0.05) is 48.2 Å². The van der Waals surface area contributed by atoms with Crippen molar-refractivity contribution < 1.29 is 19.1 Å². The van der Waals surface area contributed by atoms with Crippen LogP contribution in [0.4, 0.5) is 10.5 Å². The van der Waals surface area contributed by atoms with Gasteiger partial charge in [-0.15, -0.1) is 0 Å². The second-order valence-electron chi connectivity index (χ2n) is 5.30. The van der Waals surface area contributed by atoms with Crippen molar-refractivity contribution in [1.82, 2.24) is 5.32 Å². The summed E-state index contributed by atoms with van der Waals surface area (Å²) in [5.41, 5.74) is 7.94. The number of hydrogen-bond acceptors (Lipinski definition) is 5. The number of hydrogen-bond donors (Lipinski definition) is 2. The van der Waals surface area contributed by atoms with E-state index in [0.717, 1.165) is 5.56 Å². The van der Waals surface area contributed by atoms with E-state index in [4.69, 9.17) is 10.5 Å². The number of para-hydroxylation sites is 1. The summed E-state index contributed by atoms with van der Waals surface area (Å²) >= 11 is 0. The zero-order chi connectivity index (χ0) is 18.8. The molecule has 0 aliphatic rings. The van der Waals surface area contributed by atoms with Crippen LogP contribution in [-0.2, 0) is 16.1 Å². The summed E-state index contributed by atoms with van der Waals surface area (Å²) in [6.07, 6.45) is -0.0784. The molecule has 0 bridgehead atoms. The molecule has 3 N–H and O–H groups in total. The zero-order valence-corrected chi connectivity index (χ0v) is 14.5. The van der Waals surface area contributed by atoms with Crippen LogP contribution in [0.1, 0.15) is 27.9 Å². The van der Waals surface area contributed by atoms with Gasteiger partial charge in [-0.25, -0.2) is 9.59 Å². The van der Waals surface area contributed by atoms with Gasteiger partial charge in [0.15, 0.2) is 0 Å². The molecule has 0 aromatic heterocycles. The first-order chi connectivity index (χ1) is 12.6. The van der Waals surface area contributed by atoms with E-state index in [1.54, 1.807) is 18.2 Å². The number of nitrogens with one attached hydrogen (secondary N) is 1. The Balaban J connectivity index is 1.78. The molecule has 2 aromatic carbocycles. The molecule has 0 atom stereocenters. The first-order valence-electron chi connectivity index (χ1n) is 8.02. The number of methoxy groups -OCH3 is 1. The van der Waals surface area contributed by atoms with Crippen molar-refractivity contribution in [2.24, 2.45) is 0 Å². The van der Waals surface area contributed by atoms with Gasteiger partial charge in [0.2, 0.25) is 0 Å². The maximum Gasteiger partial charge on any atom is 0.407 e. The number of alkyl carbamates (subject to hydrolysis) is 1. The van der Waals surface area contributed by atoms with Crippen LogP contribution >= 0.6 is 0 Å². The number of carbonyl (C=O) groups is 2. The van der Waals surface area contributed by atoms with E-state index >= 15 is 0 Å². The van der Waals surface area contributed by atoms with Crippen molar-refractivity contribution in [3.05, 3.63) is 65.2 Å². The van der Waals surface area contributed by atoms with Gasteiger partial charge in [0.1, 0.15) is 6.61 Å². The summed E-state index contributed by atoms with van der Waals surface area (Å²) < 4.78 is 9.76. The predicted octanol–water partition coefficient (Wildman–Crippen LogP) is 2.72. The Bertz CT molecular complexity index is 823. The van der Waals surface area contributed by atoms with E-state index in [-0.39, 0.29) is 17.9 Å². The first kappa shape index (κ1) is 18.9. The van der Waals surface area contributed by atoms with Crippen molar-refractivity contribution in [3.8, 4) is 11.8 Å². The van der Waals surface area contributed by atoms with Gasteiger partial charge in [0.05, 0.1) is 18.4 Å². The van der Waals surface area contributed by atoms with Crippen molar-refractivity contribution in [2.75, 3.05) is 19.4 Å². The molecule has 1 amide bonds. The second-order valence-corrected chi connectivity index (χ2v) is 5.30. The maximum atomic E-state index is 11.6. The van der Waals surface area contributed by atoms with Crippen molar-refractivity contribution in [3.63, 3.8) is 0 Å². The van der Waals surface area contributed by atoms with E-state index < -0.39 is 12.1 Å². The van der Waals surface area contributed by atoms with Crippen molar-refractivity contribution in [2.45, 2.75) is 13.0 Å². The van der Waals surface area contributed by atoms with Crippen LogP contribution in [0.5, 0.6) is 0 Å². The van der Waals surface area contributed by atoms with Crippen LogP contribution in [0.2, 0.25) is 0 Å². The molecular formula is C20H20N2O4. The quantitative estimate of drug-likeness (QED) is 0.374. The fourth-order valence-corrected chi connectivity index (χ4v) is 2.12. The number of rotatable bonds is 5. The Morgan fingerprint density at radius 2 is 1.88 bits per heavy atom. The Labute approximate surface area is 152 Å². The average molecular weight is 352 g/mol. The first-order valence-corrected chi connectivity index (χ1v) is 8.02. The molecule has 0 fully saturated rings. The Hall–Kier alpha value is -3.46. The average Bonchev–Trinajstić information content (AvgIpc) is 2.67. The molecule has 2 rings (SSSR count). The number of ether oxygens (including phenoxy) is 2. The largest absolute Gasteiger partial charge is 0.465 e. The second kappa shape index (κ2) is 9.74. The van der Waals surface area contributed by atoms with E-state index in [1.165, 1.54) is 7.11 Å². The monoisotopic (exact) mass is 352 g/mol. The SMILES string of the molecule is COC(=O)c1cccc(C#CCCNC(=O)OCc2ccccc2)c1N. The van der Waals surface area contributed by atoms with Crippen LogP contribution in [0, 0.1) is 11.8 Å². The summed E-state index contributed by atoms with van der Waals surface area (Å²) in [5.74, 6) is 5.29. The fourth-order valence-electron chi connectivity index (χ4n) is 2.12. The van der Waals surface area contributed by atoms with E-state index in [2.05, 4.69) is 21.9 Å². The Morgan fingerprint density at radius 3 is 2.62 bits per heavy atom. The van der Waals surface area contributed by atoms with Gasteiger partial charge in [0, 0.05) is 18.5 Å². The van der Waals surface area contributed by atoms with Crippen molar-refractivity contribution in [1.29, 1.82) is 0 Å². The number of benzene rings is 2. The Kier molecular flexibility index (Phi) is 7.07. The van der Waals surface area contributed by atoms with Crippen LogP contribution in [0.3, 0.4) is 0 Å². The molecule has 134 valence electrons. The lowest BCUT2D eigenvalue weighted by Gasteiger charge is -2.06. The van der Waals surface area contributed by atoms with Gasteiger partial charge in [-0.05, 0) is 17.7 Å². The highest BCUT2D eigenvalue weighted by atomic mass is 16.5. The summed E-state index contributed by atoms with van der Waals surface area (Å²) in [5, 5.41) is 2.62. The summed E-state index contributed by atoms with van der Waals surface area (Å²) in [4.78, 5) is 23.2. The third-order valence-corrected chi connectivity index (χ3v) is 3.47. The molecule has 0 unspecified atom stereocenters. The highest BCUT2D eigenvalue weighted by Crippen LogP contribution is 2.17. The molecule has 0 saturated carbocycles. The number of esters is 1. The molecule has 0 spiro atoms. The summed E-state index contributed by atoms with van der Waals surface area (Å²) in [6.45, 7) is 0.562. The van der Waals surface area contributed by atoms with Crippen LogP contribution in [-0.4, -0.2) is 25.7 Å². The third kappa shape index (κ3) is 5.56. The lowest BCUT2D eigenvalue weighted by molar-refractivity contribution is 0.0602. The standard InChI is InChI=1S/C20H20N2O4/c1-25-19(23)17-12-7-11-16(18(17)21)10-5-6-13-22-20(24)26-14-15-8-3-2-4-9-15/h2-4,7-9,11-12H,6,13-14,21H2,1H3,(H,22,24). The van der Waals surface area contributed by atoms with Gasteiger partial charge < -0.3 is 20.5 Å². The van der Waals surface area contributed by atoms with Gasteiger partial charge in [-0.3, -0.25) is 0 Å². The molecule has 2 aromatic rings. The van der Waals surface area contributed by atoms with Gasteiger partial charge in [0.25, 0.3) is 0 Å². The number of carbonyl (C=O) groups excluding carboxylic acids is 2. The van der Waals surface area contributed by atoms with Crippen LogP contribution in [0.25, 0.3) is 0 Å². The molecule has 6 nitrogen and oxygen atoms in total. The molecule has 0 radical (unpaired) electrons. The van der Waals surface area contributed by atoms with E-state index in [9.17, 15) is 9.59 Å². The highest BCUT2D eigenvalue weighted by molar-refractivity contribution is 5.96. The van der Waals surface area contributed by atoms with Gasteiger partial charge in [-0.2, -0.15) is 0 Å². The van der Waals surface area contributed by atoms with Crippen LogP contribution < -0.4 is 11.1 Å². The summed E-state index contributed by atoms with van der Waals surface area (Å²) in [7, 11) is 1.29. The number of anilines is 1. The normalized spacial score (nSPS) is 9.58. The number of nitrogen functional groups attached to an aromatic ring is 1. The van der Waals surface area contributed by atoms with Crippen molar-refractivity contribution >= 4 is 17.7 Å². The molecule has 0 heterocycles. The van der Waals surface area contributed by atoms with E-state index in [0.29, 0.717) is 18.5 Å².